The second-order valence-corrected chi connectivity index (χ2v) is 8.04. The maximum Gasteiger partial charge on any atom is 0.318 e. The lowest BCUT2D eigenvalue weighted by Gasteiger charge is -2.31. The highest BCUT2D eigenvalue weighted by atomic mass is 32.2. The van der Waals surface area contributed by atoms with Crippen LogP contribution in [-0.4, -0.2) is 45.0 Å². The summed E-state index contributed by atoms with van der Waals surface area (Å²) >= 11 is 1.23. The summed E-state index contributed by atoms with van der Waals surface area (Å²) in [5.74, 6) is 1.78. The normalized spacial score (nSPS) is 16.3. The fraction of sp³-hybridized carbons (Fsp3) is 0.529. The Bertz CT molecular complexity index is 783. The number of primary amides is 1. The zero-order chi connectivity index (χ0) is 19.4. The van der Waals surface area contributed by atoms with Gasteiger partial charge in [-0.3, -0.25) is 14.7 Å². The molecule has 10 heteroatoms. The minimum atomic E-state index is -0.868. The molecule has 1 fully saturated rings. The first-order valence-electron chi connectivity index (χ1n) is 8.91. The van der Waals surface area contributed by atoms with Gasteiger partial charge in [0.25, 0.3) is 0 Å². The first kappa shape index (κ1) is 19.3. The topological polar surface area (TPSA) is 119 Å². The SMILES string of the molecule is CC1CCN(c2nnc(SC(C)C(=O)NC(N)=O)n2Cc2ccco2)CC1. The van der Waals surface area contributed by atoms with Crippen LogP contribution < -0.4 is 16.0 Å². The zero-order valence-electron chi connectivity index (χ0n) is 15.4. The van der Waals surface area contributed by atoms with Crippen LogP contribution >= 0.6 is 11.8 Å². The van der Waals surface area contributed by atoms with Crippen molar-refractivity contribution in [3.63, 3.8) is 0 Å². The molecule has 1 unspecified atom stereocenters. The predicted molar refractivity (Wildman–Crippen MR) is 101 cm³/mol. The Morgan fingerprint density at radius 2 is 2.15 bits per heavy atom. The number of piperidine rings is 1. The van der Waals surface area contributed by atoms with Gasteiger partial charge >= 0.3 is 6.03 Å². The fourth-order valence-corrected chi connectivity index (χ4v) is 3.79. The van der Waals surface area contributed by atoms with Gasteiger partial charge in [0.1, 0.15) is 5.76 Å². The number of nitrogens with two attached hydrogens (primary N) is 1. The highest BCUT2D eigenvalue weighted by Gasteiger charge is 2.25. The first-order valence-corrected chi connectivity index (χ1v) is 9.79. The number of carbonyl (C=O) groups is 2. The van der Waals surface area contributed by atoms with Crippen LogP contribution in [0.15, 0.2) is 28.0 Å². The van der Waals surface area contributed by atoms with E-state index < -0.39 is 17.2 Å². The average molecular weight is 392 g/mol. The van der Waals surface area contributed by atoms with Gasteiger partial charge in [-0.05, 0) is 37.8 Å². The largest absolute Gasteiger partial charge is 0.467 e. The van der Waals surface area contributed by atoms with Gasteiger partial charge in [-0.1, -0.05) is 18.7 Å². The van der Waals surface area contributed by atoms with Crippen molar-refractivity contribution in [2.45, 2.75) is 43.6 Å². The molecule has 1 atom stereocenters. The standard InChI is InChI=1S/C17H24N6O3S/c1-11-5-7-22(8-6-11)16-20-21-17(23(16)10-13-4-3-9-26-13)27-12(2)14(24)19-15(18)25/h3-4,9,11-12H,5-8,10H2,1-2H3,(H3,18,19,24,25). The van der Waals surface area contributed by atoms with Gasteiger partial charge in [0, 0.05) is 13.1 Å². The summed E-state index contributed by atoms with van der Waals surface area (Å²) in [6, 6.07) is 2.85. The van der Waals surface area contributed by atoms with E-state index in [-0.39, 0.29) is 0 Å². The van der Waals surface area contributed by atoms with E-state index in [2.05, 4.69) is 27.3 Å². The molecular weight excluding hydrogens is 368 g/mol. The minimum Gasteiger partial charge on any atom is -0.467 e. The smallest absolute Gasteiger partial charge is 0.318 e. The highest BCUT2D eigenvalue weighted by molar-refractivity contribution is 8.00. The molecule has 0 saturated carbocycles. The quantitative estimate of drug-likeness (QED) is 0.720. The van der Waals surface area contributed by atoms with Crippen molar-refractivity contribution >= 4 is 29.6 Å². The van der Waals surface area contributed by atoms with Crippen LogP contribution in [0.25, 0.3) is 0 Å². The monoisotopic (exact) mass is 392 g/mol. The number of furan rings is 1. The molecule has 1 aliphatic heterocycles. The number of imide groups is 1. The van der Waals surface area contributed by atoms with Crippen molar-refractivity contribution < 1.29 is 14.0 Å². The summed E-state index contributed by atoms with van der Waals surface area (Å²) in [6.45, 7) is 6.25. The van der Waals surface area contributed by atoms with E-state index in [9.17, 15) is 9.59 Å². The number of nitrogens with one attached hydrogen (secondary N) is 1. The molecule has 1 aliphatic rings. The molecular formula is C17H24N6O3S. The number of hydrogen-bond donors (Lipinski definition) is 2. The number of carbonyl (C=O) groups excluding carboxylic acids is 2. The molecule has 0 radical (unpaired) electrons. The molecule has 3 rings (SSSR count). The zero-order valence-corrected chi connectivity index (χ0v) is 16.2. The van der Waals surface area contributed by atoms with Gasteiger partial charge in [0.05, 0.1) is 18.1 Å². The molecule has 3 N–H and O–H groups in total. The molecule has 27 heavy (non-hydrogen) atoms. The van der Waals surface area contributed by atoms with E-state index in [1.807, 2.05) is 16.7 Å². The Labute approximate surface area is 161 Å². The van der Waals surface area contributed by atoms with Crippen LogP contribution in [0.3, 0.4) is 0 Å². The van der Waals surface area contributed by atoms with Crippen molar-refractivity contribution in [1.82, 2.24) is 20.1 Å². The van der Waals surface area contributed by atoms with Gasteiger partial charge in [-0.15, -0.1) is 10.2 Å². The van der Waals surface area contributed by atoms with Crippen LogP contribution in [0.5, 0.6) is 0 Å². The van der Waals surface area contributed by atoms with Gasteiger partial charge in [-0.25, -0.2) is 4.79 Å². The summed E-state index contributed by atoms with van der Waals surface area (Å²) in [5.41, 5.74) is 5.03. The molecule has 0 aliphatic carbocycles. The molecule has 2 aromatic rings. The number of amides is 3. The van der Waals surface area contributed by atoms with E-state index in [0.717, 1.165) is 37.6 Å². The summed E-state index contributed by atoms with van der Waals surface area (Å²) in [5, 5.41) is 10.8. The van der Waals surface area contributed by atoms with Crippen LogP contribution in [-0.2, 0) is 11.3 Å². The van der Waals surface area contributed by atoms with Gasteiger partial charge in [0.15, 0.2) is 5.16 Å². The number of thioether (sulfide) groups is 1. The molecule has 146 valence electrons. The van der Waals surface area contributed by atoms with Crippen molar-refractivity contribution in [2.24, 2.45) is 11.7 Å². The highest BCUT2D eigenvalue weighted by Crippen LogP contribution is 2.29. The number of rotatable bonds is 6. The molecule has 2 aromatic heterocycles. The van der Waals surface area contributed by atoms with Crippen LogP contribution in [0.4, 0.5) is 10.7 Å². The predicted octanol–water partition coefficient (Wildman–Crippen LogP) is 1.83. The van der Waals surface area contributed by atoms with Gasteiger partial charge in [0.2, 0.25) is 11.9 Å². The van der Waals surface area contributed by atoms with Crippen LogP contribution in [0, 0.1) is 5.92 Å². The number of urea groups is 1. The minimum absolute atomic E-state index is 0.464. The first-order chi connectivity index (χ1) is 12.9. The van der Waals surface area contributed by atoms with Crippen molar-refractivity contribution in [2.75, 3.05) is 18.0 Å². The van der Waals surface area contributed by atoms with Crippen molar-refractivity contribution in [3.8, 4) is 0 Å². The lowest BCUT2D eigenvalue weighted by atomic mass is 10.00. The number of anilines is 1. The van der Waals surface area contributed by atoms with Crippen molar-refractivity contribution in [1.29, 1.82) is 0 Å². The molecule has 3 heterocycles. The fourth-order valence-electron chi connectivity index (χ4n) is 2.94. The average Bonchev–Trinajstić information content (AvgIpc) is 3.26. The second-order valence-electron chi connectivity index (χ2n) is 6.73. The molecule has 9 nitrogen and oxygen atoms in total. The third-order valence-electron chi connectivity index (χ3n) is 4.56. The van der Waals surface area contributed by atoms with Gasteiger partial charge < -0.3 is 15.1 Å². The molecule has 1 saturated heterocycles. The maximum absolute atomic E-state index is 12.0. The number of aromatic nitrogens is 3. The third-order valence-corrected chi connectivity index (χ3v) is 5.64. The Morgan fingerprint density at radius 3 is 2.78 bits per heavy atom. The molecule has 0 aromatic carbocycles. The third kappa shape index (κ3) is 4.82. The lowest BCUT2D eigenvalue weighted by molar-refractivity contribution is -0.119. The van der Waals surface area contributed by atoms with E-state index in [0.29, 0.717) is 17.6 Å². The Balaban J connectivity index is 1.82. The Hall–Kier alpha value is -2.49. The molecule has 3 amide bonds. The van der Waals surface area contributed by atoms with E-state index in [1.165, 1.54) is 11.8 Å². The summed E-state index contributed by atoms with van der Waals surface area (Å²) in [4.78, 5) is 25.1. The number of nitrogens with zero attached hydrogens (tertiary/aromatic N) is 4. The maximum atomic E-state index is 12.0. The summed E-state index contributed by atoms with van der Waals surface area (Å²) in [7, 11) is 0. The lowest BCUT2D eigenvalue weighted by Crippen LogP contribution is -2.39. The van der Waals surface area contributed by atoms with E-state index in [1.54, 1.807) is 13.2 Å². The Kier molecular flexibility index (Phi) is 6.04. The molecule has 0 spiro atoms. The van der Waals surface area contributed by atoms with Gasteiger partial charge in [-0.2, -0.15) is 0 Å². The Morgan fingerprint density at radius 1 is 1.41 bits per heavy atom. The van der Waals surface area contributed by atoms with Crippen molar-refractivity contribution in [3.05, 3.63) is 24.2 Å². The van der Waals surface area contributed by atoms with E-state index >= 15 is 0 Å². The number of hydrogen-bond acceptors (Lipinski definition) is 7. The molecule has 0 bridgehead atoms. The van der Waals surface area contributed by atoms with Crippen LogP contribution in [0.1, 0.15) is 32.4 Å². The van der Waals surface area contributed by atoms with E-state index in [4.69, 9.17) is 10.2 Å². The second kappa shape index (κ2) is 8.47. The summed E-state index contributed by atoms with van der Waals surface area (Å²) < 4.78 is 7.43. The van der Waals surface area contributed by atoms with Crippen LogP contribution in [0.2, 0.25) is 0 Å². The summed E-state index contributed by atoms with van der Waals surface area (Å²) in [6.07, 6.45) is 3.83.